The lowest BCUT2D eigenvalue weighted by Crippen LogP contribution is -2.57. The molecule has 1 saturated heterocycles. The van der Waals surface area contributed by atoms with Crippen LogP contribution in [0.5, 0.6) is 0 Å². The van der Waals surface area contributed by atoms with E-state index >= 15 is 0 Å². The molecule has 0 radical (unpaired) electrons. The summed E-state index contributed by atoms with van der Waals surface area (Å²) >= 11 is 0. The Balaban J connectivity index is 1.45. The second-order valence-electron chi connectivity index (χ2n) is 8.93. The number of nitrogens with zero attached hydrogens (tertiary/aromatic N) is 4. The van der Waals surface area contributed by atoms with Crippen molar-refractivity contribution in [3.63, 3.8) is 0 Å². The summed E-state index contributed by atoms with van der Waals surface area (Å²) in [5, 5.41) is 15.2. The van der Waals surface area contributed by atoms with Crippen LogP contribution in [0.4, 0.5) is 20.2 Å². The van der Waals surface area contributed by atoms with Gasteiger partial charge in [0.1, 0.15) is 5.54 Å². The Morgan fingerprint density at radius 1 is 1.26 bits per heavy atom. The maximum atomic E-state index is 12.9. The van der Waals surface area contributed by atoms with Crippen molar-refractivity contribution in [1.29, 1.82) is 0 Å². The molecule has 2 aliphatic heterocycles. The summed E-state index contributed by atoms with van der Waals surface area (Å²) in [5.41, 5.74) is 9.40. The SMILES string of the molecule is C=NN(/C=C(\N)c1ccc2c(c1)NC(=O)C1(CCNCC1)N2)Cc1ccc(C(=NC)OC(=C)C(F)F)cn1. The van der Waals surface area contributed by atoms with E-state index in [4.69, 9.17) is 10.5 Å². The van der Waals surface area contributed by atoms with Gasteiger partial charge in [0.15, 0.2) is 5.76 Å². The largest absolute Gasteiger partial charge is 0.438 e. The third kappa shape index (κ3) is 5.80. The van der Waals surface area contributed by atoms with Crippen molar-refractivity contribution in [2.24, 2.45) is 15.8 Å². The highest BCUT2D eigenvalue weighted by molar-refractivity contribution is 6.06. The number of allylic oxidation sites excluding steroid dienone is 1. The standard InChI is InChI=1S/C26H30F2N8O2/c1-16(23(27)28)38-24(30-2)18-4-6-19(33-13-18)14-36(31-3)15-20(29)17-5-7-21-22(12-17)34-25(37)26(35-21)8-10-32-11-9-26/h4-7,12-13,15,23,32,35H,1,3,8-11,14,29H2,2H3,(H,34,37)/b20-15-,30-24?. The molecule has 1 spiro atoms. The number of carbonyl (C=O) groups excluding carboxylic acids is 1. The molecule has 0 aliphatic carbocycles. The Bertz CT molecular complexity index is 1270. The van der Waals surface area contributed by atoms with Gasteiger partial charge in [-0.25, -0.2) is 8.78 Å². The highest BCUT2D eigenvalue weighted by atomic mass is 19.3. The molecule has 10 nitrogen and oxygen atoms in total. The number of amides is 1. The Kier molecular flexibility index (Phi) is 8.01. The van der Waals surface area contributed by atoms with Crippen LogP contribution in [-0.4, -0.2) is 60.6 Å². The molecule has 1 aromatic heterocycles. The minimum Gasteiger partial charge on any atom is -0.438 e. The first-order valence-electron chi connectivity index (χ1n) is 12.0. The average Bonchev–Trinajstić information content (AvgIpc) is 2.92. The van der Waals surface area contributed by atoms with E-state index in [0.717, 1.165) is 18.8 Å². The number of carbonyl (C=O) groups is 1. The van der Waals surface area contributed by atoms with Crippen molar-refractivity contribution < 1.29 is 18.3 Å². The average molecular weight is 525 g/mol. The van der Waals surface area contributed by atoms with Gasteiger partial charge in [0.05, 0.1) is 34.9 Å². The third-order valence-electron chi connectivity index (χ3n) is 6.41. The number of nitrogens with two attached hydrogens (primary N) is 1. The molecule has 2 aromatic rings. The Labute approximate surface area is 219 Å². The van der Waals surface area contributed by atoms with Crippen LogP contribution in [0, 0.1) is 0 Å². The van der Waals surface area contributed by atoms with Crippen LogP contribution in [-0.2, 0) is 16.1 Å². The van der Waals surface area contributed by atoms with Crippen molar-refractivity contribution >= 4 is 35.6 Å². The molecule has 1 aromatic carbocycles. The van der Waals surface area contributed by atoms with Gasteiger partial charge in [0.25, 0.3) is 6.43 Å². The van der Waals surface area contributed by atoms with Gasteiger partial charge < -0.3 is 26.4 Å². The van der Waals surface area contributed by atoms with Crippen molar-refractivity contribution in [1.82, 2.24) is 15.3 Å². The quantitative estimate of drug-likeness (QED) is 0.181. The van der Waals surface area contributed by atoms with E-state index in [1.165, 1.54) is 18.3 Å². The van der Waals surface area contributed by atoms with Crippen LogP contribution in [0.2, 0.25) is 0 Å². The summed E-state index contributed by atoms with van der Waals surface area (Å²) in [6, 6.07) is 8.92. The van der Waals surface area contributed by atoms with Gasteiger partial charge in [-0.15, -0.1) is 0 Å². The number of nitrogens with one attached hydrogen (secondary N) is 3. The lowest BCUT2D eigenvalue weighted by Gasteiger charge is -2.41. The number of halogens is 2. The molecule has 2 aliphatic rings. The monoisotopic (exact) mass is 524 g/mol. The molecular formula is C26H30F2N8O2. The molecule has 1 fully saturated rings. The second kappa shape index (κ2) is 11.4. The fourth-order valence-corrected chi connectivity index (χ4v) is 4.28. The molecule has 3 heterocycles. The molecule has 0 saturated carbocycles. The summed E-state index contributed by atoms with van der Waals surface area (Å²) in [5.74, 6) is -0.756. The fraction of sp³-hybridized carbons (Fsp3) is 0.308. The van der Waals surface area contributed by atoms with Crippen molar-refractivity contribution in [3.05, 3.63) is 71.9 Å². The maximum Gasteiger partial charge on any atom is 0.294 e. The third-order valence-corrected chi connectivity index (χ3v) is 6.41. The second-order valence-corrected chi connectivity index (χ2v) is 8.93. The number of fused-ring (bicyclic) bond motifs is 1. The van der Waals surface area contributed by atoms with E-state index in [0.29, 0.717) is 41.0 Å². The first-order valence-corrected chi connectivity index (χ1v) is 12.0. The van der Waals surface area contributed by atoms with Crippen molar-refractivity contribution in [2.45, 2.75) is 31.4 Å². The molecule has 0 unspecified atom stereocenters. The number of aliphatic imine (C=N–C) groups is 1. The maximum absolute atomic E-state index is 12.9. The van der Waals surface area contributed by atoms with E-state index in [9.17, 15) is 13.6 Å². The zero-order valence-corrected chi connectivity index (χ0v) is 21.0. The number of benzene rings is 1. The molecule has 0 bridgehead atoms. The van der Waals surface area contributed by atoms with Crippen molar-refractivity contribution in [2.75, 3.05) is 30.8 Å². The summed E-state index contributed by atoms with van der Waals surface area (Å²) in [4.78, 5) is 21.1. The van der Waals surface area contributed by atoms with Crippen LogP contribution in [0.1, 0.15) is 29.7 Å². The van der Waals surface area contributed by atoms with Crippen LogP contribution >= 0.6 is 0 Å². The smallest absolute Gasteiger partial charge is 0.294 e. The number of ether oxygens (including phenoxy) is 1. The number of aromatic nitrogens is 1. The number of hydrogen-bond acceptors (Lipinski definition) is 9. The van der Waals surface area contributed by atoms with E-state index in [2.05, 4.69) is 44.3 Å². The molecule has 0 atom stereocenters. The zero-order valence-electron chi connectivity index (χ0n) is 21.0. The first kappa shape index (κ1) is 26.7. The molecule has 38 heavy (non-hydrogen) atoms. The van der Waals surface area contributed by atoms with Gasteiger partial charge in [-0.3, -0.25) is 19.8 Å². The zero-order chi connectivity index (χ0) is 27.3. The molecule has 12 heteroatoms. The van der Waals surface area contributed by atoms with Gasteiger partial charge in [-0.1, -0.05) is 12.6 Å². The number of rotatable bonds is 8. The van der Waals surface area contributed by atoms with Gasteiger partial charge in [0.2, 0.25) is 11.8 Å². The lowest BCUT2D eigenvalue weighted by atomic mass is 9.85. The minimum absolute atomic E-state index is 0.0164. The first-order chi connectivity index (χ1) is 18.2. The number of pyridine rings is 1. The molecule has 200 valence electrons. The van der Waals surface area contributed by atoms with Gasteiger partial charge >= 0.3 is 0 Å². The predicted octanol–water partition coefficient (Wildman–Crippen LogP) is 3.11. The Morgan fingerprint density at radius 2 is 2.00 bits per heavy atom. The van der Waals surface area contributed by atoms with Crippen LogP contribution < -0.4 is 21.7 Å². The van der Waals surface area contributed by atoms with E-state index in [1.54, 1.807) is 18.3 Å². The summed E-state index contributed by atoms with van der Waals surface area (Å²) < 4.78 is 30.5. The number of anilines is 2. The van der Waals surface area contributed by atoms with Crippen LogP contribution in [0.3, 0.4) is 0 Å². The van der Waals surface area contributed by atoms with Gasteiger partial charge in [0, 0.05) is 31.7 Å². The molecular weight excluding hydrogens is 494 g/mol. The summed E-state index contributed by atoms with van der Waals surface area (Å²) in [7, 11) is 1.42. The minimum atomic E-state index is -2.82. The highest BCUT2D eigenvalue weighted by Gasteiger charge is 2.42. The molecule has 4 rings (SSSR count). The number of hydrogen-bond donors (Lipinski definition) is 4. The number of alkyl halides is 2. The highest BCUT2D eigenvalue weighted by Crippen LogP contribution is 2.36. The summed E-state index contributed by atoms with van der Waals surface area (Å²) in [6.45, 7) is 8.59. The number of hydrazone groups is 1. The van der Waals surface area contributed by atoms with Crippen LogP contribution in [0.25, 0.3) is 5.70 Å². The van der Waals surface area contributed by atoms with Crippen molar-refractivity contribution in [3.8, 4) is 0 Å². The molecule has 5 N–H and O–H groups in total. The summed E-state index contributed by atoms with van der Waals surface area (Å²) in [6.07, 6.45) is 1.67. The topological polar surface area (TPSA) is 129 Å². The van der Waals surface area contributed by atoms with Gasteiger partial charge in [-0.2, -0.15) is 5.10 Å². The normalized spacial score (nSPS) is 16.9. The van der Waals surface area contributed by atoms with Gasteiger partial charge in [-0.05, 0) is 50.2 Å². The Morgan fingerprint density at radius 3 is 2.63 bits per heavy atom. The Hall–Kier alpha value is -4.32. The van der Waals surface area contributed by atoms with E-state index in [1.807, 2.05) is 18.2 Å². The predicted molar refractivity (Wildman–Crippen MR) is 144 cm³/mol. The van der Waals surface area contributed by atoms with Crippen LogP contribution in [0.15, 0.2) is 65.2 Å². The van der Waals surface area contributed by atoms with E-state index in [-0.39, 0.29) is 18.3 Å². The lowest BCUT2D eigenvalue weighted by molar-refractivity contribution is -0.121. The fourth-order valence-electron chi connectivity index (χ4n) is 4.28. The molecule has 1 amide bonds. The van der Waals surface area contributed by atoms with E-state index < -0.39 is 17.7 Å². The number of piperidine rings is 1.